The van der Waals surface area contributed by atoms with E-state index in [0.29, 0.717) is 0 Å². The normalized spacial score (nSPS) is 29.7. The highest BCUT2D eigenvalue weighted by atomic mass is 16.5. The van der Waals surface area contributed by atoms with Crippen LogP contribution in [-0.2, 0) is 16.1 Å². The first-order chi connectivity index (χ1) is 10.2. The third kappa shape index (κ3) is 3.29. The number of esters is 1. The van der Waals surface area contributed by atoms with Crippen LogP contribution in [0.25, 0.3) is 0 Å². The number of hydrogen-bond donors (Lipinski definition) is 0. The van der Waals surface area contributed by atoms with E-state index >= 15 is 0 Å². The van der Waals surface area contributed by atoms with Crippen LogP contribution in [0, 0.1) is 5.41 Å². The summed E-state index contributed by atoms with van der Waals surface area (Å²) in [5.74, 6) is -0.124. The number of hydrogen-bond acceptors (Lipinski definition) is 3. The summed E-state index contributed by atoms with van der Waals surface area (Å²) < 4.78 is 5.64. The van der Waals surface area contributed by atoms with E-state index in [-0.39, 0.29) is 17.5 Å². The van der Waals surface area contributed by atoms with Crippen molar-refractivity contribution in [2.45, 2.75) is 51.7 Å². The van der Waals surface area contributed by atoms with Crippen LogP contribution in [0.4, 0.5) is 0 Å². The number of carbonyl (C=O) groups excluding carboxylic acids is 1. The maximum atomic E-state index is 11.4. The molecule has 3 heteroatoms. The molecule has 0 aromatic heterocycles. The summed E-state index contributed by atoms with van der Waals surface area (Å²) in [6, 6.07) is 10.7. The second kappa shape index (κ2) is 6.18. The minimum Gasteiger partial charge on any atom is -0.462 e. The first-order valence-corrected chi connectivity index (χ1v) is 8.11. The topological polar surface area (TPSA) is 29.5 Å². The quantitative estimate of drug-likeness (QED) is 0.798. The number of nitrogens with zero attached hydrogens (tertiary/aromatic N) is 1. The molecule has 1 spiro atoms. The average Bonchev–Trinajstić information content (AvgIpc) is 2.81. The van der Waals surface area contributed by atoms with Crippen molar-refractivity contribution >= 4 is 5.97 Å². The number of benzene rings is 1. The SMILES string of the molecule is CC(=O)O[C@H]1CCC[C@@]12CCCN(Cc1ccccc1)C2. The van der Waals surface area contributed by atoms with Crippen molar-refractivity contribution in [3.63, 3.8) is 0 Å². The predicted octanol–water partition coefficient (Wildman–Crippen LogP) is 3.38. The molecule has 1 aromatic carbocycles. The van der Waals surface area contributed by atoms with E-state index in [4.69, 9.17) is 4.74 Å². The van der Waals surface area contributed by atoms with Crippen molar-refractivity contribution in [1.82, 2.24) is 4.90 Å². The zero-order valence-corrected chi connectivity index (χ0v) is 12.9. The Bertz CT molecular complexity index is 487. The molecular weight excluding hydrogens is 262 g/mol. The zero-order chi connectivity index (χ0) is 14.7. The molecule has 0 N–H and O–H groups in total. The first kappa shape index (κ1) is 14.6. The Morgan fingerprint density at radius 1 is 1.29 bits per heavy atom. The Kier molecular flexibility index (Phi) is 4.29. The van der Waals surface area contributed by atoms with Crippen molar-refractivity contribution in [2.24, 2.45) is 5.41 Å². The Morgan fingerprint density at radius 2 is 2.05 bits per heavy atom. The molecule has 1 heterocycles. The molecule has 1 saturated carbocycles. The number of piperidine rings is 1. The van der Waals surface area contributed by atoms with Crippen LogP contribution >= 0.6 is 0 Å². The van der Waals surface area contributed by atoms with E-state index in [9.17, 15) is 4.79 Å². The van der Waals surface area contributed by atoms with Gasteiger partial charge in [-0.05, 0) is 44.2 Å². The first-order valence-electron chi connectivity index (χ1n) is 8.11. The lowest BCUT2D eigenvalue weighted by molar-refractivity contribution is -0.154. The van der Waals surface area contributed by atoms with Crippen LogP contribution in [0.3, 0.4) is 0 Å². The van der Waals surface area contributed by atoms with Crippen LogP contribution in [0.5, 0.6) is 0 Å². The van der Waals surface area contributed by atoms with E-state index in [1.165, 1.54) is 38.2 Å². The Morgan fingerprint density at radius 3 is 2.81 bits per heavy atom. The molecule has 3 nitrogen and oxygen atoms in total. The summed E-state index contributed by atoms with van der Waals surface area (Å²) >= 11 is 0. The molecule has 3 rings (SSSR count). The standard InChI is InChI=1S/C18H25NO2/c1-15(20)21-17-9-5-10-18(17)11-6-12-19(14-18)13-16-7-3-2-4-8-16/h2-4,7-8,17H,5-6,9-14H2,1H3/t17-,18-/m0/s1. The summed E-state index contributed by atoms with van der Waals surface area (Å²) in [4.78, 5) is 13.9. The van der Waals surface area contributed by atoms with E-state index in [2.05, 4.69) is 35.2 Å². The minimum atomic E-state index is -0.124. The monoisotopic (exact) mass is 287 g/mol. The molecular formula is C18H25NO2. The Hall–Kier alpha value is -1.35. The lowest BCUT2D eigenvalue weighted by Gasteiger charge is -2.43. The summed E-state index contributed by atoms with van der Waals surface area (Å²) in [5.41, 5.74) is 1.58. The minimum absolute atomic E-state index is 0.124. The van der Waals surface area contributed by atoms with Crippen molar-refractivity contribution in [2.75, 3.05) is 13.1 Å². The van der Waals surface area contributed by atoms with Gasteiger partial charge in [0.15, 0.2) is 0 Å². The molecule has 1 aromatic rings. The highest BCUT2D eigenvalue weighted by molar-refractivity contribution is 5.66. The smallest absolute Gasteiger partial charge is 0.302 e. The second-order valence-electron chi connectivity index (χ2n) is 6.65. The number of ether oxygens (including phenoxy) is 1. The maximum Gasteiger partial charge on any atom is 0.302 e. The Labute approximate surface area is 127 Å². The molecule has 1 saturated heterocycles. The molecule has 1 aliphatic heterocycles. The van der Waals surface area contributed by atoms with E-state index in [0.717, 1.165) is 26.1 Å². The van der Waals surface area contributed by atoms with E-state index in [1.807, 2.05) is 0 Å². The molecule has 1 aliphatic carbocycles. The van der Waals surface area contributed by atoms with Crippen molar-refractivity contribution in [1.29, 1.82) is 0 Å². The van der Waals surface area contributed by atoms with Gasteiger partial charge in [0.1, 0.15) is 6.10 Å². The van der Waals surface area contributed by atoms with Gasteiger partial charge in [-0.2, -0.15) is 0 Å². The summed E-state index contributed by atoms with van der Waals surface area (Å²) in [5, 5.41) is 0. The van der Waals surface area contributed by atoms with Gasteiger partial charge in [0, 0.05) is 25.4 Å². The molecule has 114 valence electrons. The van der Waals surface area contributed by atoms with E-state index in [1.54, 1.807) is 0 Å². The largest absolute Gasteiger partial charge is 0.462 e. The van der Waals surface area contributed by atoms with Crippen molar-refractivity contribution in [3.8, 4) is 0 Å². The van der Waals surface area contributed by atoms with Gasteiger partial charge in [-0.3, -0.25) is 9.69 Å². The summed E-state index contributed by atoms with van der Waals surface area (Å²) in [6.45, 7) is 4.77. The third-order valence-corrected chi connectivity index (χ3v) is 5.07. The fraction of sp³-hybridized carbons (Fsp3) is 0.611. The fourth-order valence-corrected chi connectivity index (χ4v) is 4.19. The molecule has 21 heavy (non-hydrogen) atoms. The Balaban J connectivity index is 1.68. The van der Waals surface area contributed by atoms with Crippen molar-refractivity contribution < 1.29 is 9.53 Å². The molecule has 2 atom stereocenters. The molecule has 0 amide bonds. The van der Waals surface area contributed by atoms with Gasteiger partial charge in [0.25, 0.3) is 0 Å². The predicted molar refractivity (Wildman–Crippen MR) is 82.8 cm³/mol. The van der Waals surface area contributed by atoms with Gasteiger partial charge in [-0.25, -0.2) is 0 Å². The van der Waals surface area contributed by atoms with Gasteiger partial charge >= 0.3 is 5.97 Å². The zero-order valence-electron chi connectivity index (χ0n) is 12.9. The van der Waals surface area contributed by atoms with Gasteiger partial charge < -0.3 is 4.74 Å². The lowest BCUT2D eigenvalue weighted by Crippen LogP contribution is -2.48. The highest BCUT2D eigenvalue weighted by Gasteiger charge is 2.47. The number of rotatable bonds is 3. The summed E-state index contributed by atoms with van der Waals surface area (Å²) in [7, 11) is 0. The van der Waals surface area contributed by atoms with Crippen LogP contribution in [-0.4, -0.2) is 30.1 Å². The lowest BCUT2D eigenvalue weighted by atomic mass is 9.76. The molecule has 2 aliphatic rings. The van der Waals surface area contributed by atoms with Gasteiger partial charge in [-0.1, -0.05) is 30.3 Å². The van der Waals surface area contributed by atoms with Crippen LogP contribution in [0.1, 0.15) is 44.6 Å². The highest BCUT2D eigenvalue weighted by Crippen LogP contribution is 2.46. The third-order valence-electron chi connectivity index (χ3n) is 5.07. The van der Waals surface area contributed by atoms with Gasteiger partial charge in [0.05, 0.1) is 0 Å². The fourth-order valence-electron chi connectivity index (χ4n) is 4.19. The number of carbonyl (C=O) groups is 1. The molecule has 0 bridgehead atoms. The average molecular weight is 287 g/mol. The molecule has 2 fully saturated rings. The number of likely N-dealkylation sites (tertiary alicyclic amines) is 1. The molecule has 0 radical (unpaired) electrons. The second-order valence-corrected chi connectivity index (χ2v) is 6.65. The van der Waals surface area contributed by atoms with Gasteiger partial charge in [-0.15, -0.1) is 0 Å². The van der Waals surface area contributed by atoms with Gasteiger partial charge in [0.2, 0.25) is 0 Å². The maximum absolute atomic E-state index is 11.4. The molecule has 0 unspecified atom stereocenters. The van der Waals surface area contributed by atoms with E-state index < -0.39 is 0 Å². The van der Waals surface area contributed by atoms with Crippen LogP contribution in [0.2, 0.25) is 0 Å². The van der Waals surface area contributed by atoms with Crippen molar-refractivity contribution in [3.05, 3.63) is 35.9 Å². The van der Waals surface area contributed by atoms with Crippen LogP contribution in [0.15, 0.2) is 30.3 Å². The van der Waals surface area contributed by atoms with Crippen LogP contribution < -0.4 is 0 Å². The summed E-state index contributed by atoms with van der Waals surface area (Å²) in [6.07, 6.45) is 5.99.